The normalized spacial score (nSPS) is 18.2. The molecule has 4 amide bonds. The van der Waals surface area contributed by atoms with Crippen LogP contribution >= 0.6 is 0 Å². The van der Waals surface area contributed by atoms with Gasteiger partial charge in [-0.25, -0.2) is 22.0 Å². The zero-order valence-electron chi connectivity index (χ0n) is 74.0. The number of hydrogen-bond acceptors (Lipinski definition) is 20. The highest BCUT2D eigenvalue weighted by molar-refractivity contribution is 5.79. The molecule has 8 aliphatic heterocycles. The van der Waals surface area contributed by atoms with Gasteiger partial charge in [-0.1, -0.05) is 18.2 Å². The van der Waals surface area contributed by atoms with Gasteiger partial charge in [-0.15, -0.1) is 0 Å². The van der Waals surface area contributed by atoms with E-state index in [-0.39, 0.29) is 92.8 Å². The van der Waals surface area contributed by atoms with E-state index in [1.54, 1.807) is 69.7 Å². The molecule has 0 aliphatic carbocycles. The number of halogens is 11. The van der Waals surface area contributed by atoms with Gasteiger partial charge in [0.1, 0.15) is 17.5 Å². The summed E-state index contributed by atoms with van der Waals surface area (Å²) in [5, 5.41) is 46.5. The summed E-state index contributed by atoms with van der Waals surface area (Å²) in [5.41, 5.74) is 8.18. The van der Waals surface area contributed by atoms with Gasteiger partial charge in [0.25, 0.3) is 0 Å². The minimum Gasteiger partial charge on any atom is -0.379 e. The number of aryl methyl sites for hydroxylation is 4. The fraction of sp³-hybridized carbons (Fsp3) is 0.422. The van der Waals surface area contributed by atoms with Crippen molar-refractivity contribution < 1.29 is 86.4 Å². The Morgan fingerprint density at radius 1 is 0.361 bits per heavy atom. The van der Waals surface area contributed by atoms with Crippen LogP contribution < -0.4 is 21.3 Å². The van der Waals surface area contributed by atoms with Crippen molar-refractivity contribution in [3.05, 3.63) is 189 Å². The third-order valence-corrected chi connectivity index (χ3v) is 25.0. The van der Waals surface area contributed by atoms with E-state index in [1.807, 2.05) is 38.0 Å². The minimum absolute atomic E-state index is 0.00904. The lowest BCUT2D eigenvalue weighted by Gasteiger charge is -2.27. The largest absolute Gasteiger partial charge is 0.435 e. The standard InChI is InChI=1S/2C23H24F4N6O2.C22H24F2N6O2.C22H25FN6O2/c2*1-13(34)32-7-5-20-17(11-32)22(30-33(20)15-6-8-35-12-15)28-19-4-3-14(9-18(19)24)16-10-31(2)29-21(16)23(25,26)27;1-13(31)29-5-3-20-18(11-29)22(27-30(20)16-4-6-32-12-16)26-15-7-17(21(24)19(23)8-15)14-9-25-28(2)10-14;1-14(30)28-7-5-21-18(12-28)22(26-29(21)17-6-8-31-13-17)25-20-4-3-15(9-19(20)23)16-10-24-27(2)11-16/h2*3-4,9-10,15H,5-8,11-12H2,1-2H3,(H,28,30);7-10,16H,3-6,11-12H2,1-2H3,(H,26,27);3-4,9-11,17H,5-8,12-13H2,1-2H3,(H,25,26)/t2*15-;;17-/m10.1/s1. The Morgan fingerprint density at radius 3 is 0.970 bits per heavy atom. The van der Waals surface area contributed by atoms with Crippen molar-refractivity contribution in [2.24, 2.45) is 28.2 Å². The van der Waals surface area contributed by atoms with Gasteiger partial charge in [0.05, 0.1) is 106 Å². The molecule has 4 atom stereocenters. The number of aromatic nitrogens is 16. The molecule has 0 saturated carbocycles. The quantitative estimate of drug-likeness (QED) is 0.0653. The molecule has 43 heteroatoms. The van der Waals surface area contributed by atoms with Gasteiger partial charge in [0.15, 0.2) is 46.3 Å². The summed E-state index contributed by atoms with van der Waals surface area (Å²) in [6.45, 7) is 15.0. The molecular formula is C90H97F11N24O8. The summed E-state index contributed by atoms with van der Waals surface area (Å²) >= 11 is 0. The molecule has 20 rings (SSSR count). The Morgan fingerprint density at radius 2 is 0.677 bits per heavy atom. The van der Waals surface area contributed by atoms with E-state index in [1.165, 1.54) is 81.5 Å². The monoisotopic (exact) mass is 1850 g/mol. The number of nitrogens with one attached hydrogen (secondary N) is 4. The Bertz CT molecular complexity index is 6180. The highest BCUT2D eigenvalue weighted by Crippen LogP contribution is 2.44. The number of fused-ring (bicyclic) bond motifs is 4. The van der Waals surface area contributed by atoms with Gasteiger partial charge in [-0.05, 0) is 84.8 Å². The van der Waals surface area contributed by atoms with Crippen LogP contribution in [0.3, 0.4) is 0 Å². The van der Waals surface area contributed by atoms with Crippen LogP contribution in [0, 0.1) is 29.1 Å². The fourth-order valence-corrected chi connectivity index (χ4v) is 18.0. The van der Waals surface area contributed by atoms with Gasteiger partial charge in [0.2, 0.25) is 23.6 Å². The average molecular weight is 1850 g/mol. The molecule has 0 bridgehead atoms. The third-order valence-electron chi connectivity index (χ3n) is 25.0. The van der Waals surface area contributed by atoms with Crippen LogP contribution in [0.25, 0.3) is 44.5 Å². The maximum Gasteiger partial charge on any atom is 0.435 e. The number of nitrogens with zero attached hydrogens (tertiary/aromatic N) is 20. The zero-order chi connectivity index (χ0) is 93.7. The van der Waals surface area contributed by atoms with Crippen molar-refractivity contribution in [1.82, 2.24) is 97.8 Å². The lowest BCUT2D eigenvalue weighted by atomic mass is 10.0. The lowest BCUT2D eigenvalue weighted by Crippen LogP contribution is -2.35. The van der Waals surface area contributed by atoms with Gasteiger partial charge in [-0.3, -0.25) is 56.6 Å². The highest BCUT2D eigenvalue weighted by atomic mass is 19.4. The Kier molecular flexibility index (Phi) is 26.0. The van der Waals surface area contributed by atoms with E-state index in [0.717, 1.165) is 116 Å². The minimum atomic E-state index is -4.66. The highest BCUT2D eigenvalue weighted by Gasteiger charge is 2.42. The summed E-state index contributed by atoms with van der Waals surface area (Å²) < 4.78 is 190. The SMILES string of the molecule is CC(=O)N1CCc2c(c(Nc3cc(F)c(F)c(-c4cnn(C)c4)c3)nn2C2CCOC2)C1.CC(=O)N1CCc2c(c(Nc3ccc(-c4cn(C)nc4C(F)(F)F)cc3F)nn2[C@@H]2CCOC2)C1.CC(=O)N1CCc2c(c(Nc3ccc(-c4cn(C)nc4C(F)(F)F)cc3F)nn2[C@H]2CCOC2)C1.CC(=O)N1CCc2c(c(Nc3ccc(-c4cnn(C)c4)cc3F)nn2[C@@H]2CCOC2)C1. The average Bonchev–Trinajstić information content (AvgIpc) is 1.63. The van der Waals surface area contributed by atoms with Crippen molar-refractivity contribution in [2.75, 3.05) is 100 Å². The number of carbonyl (C=O) groups excluding carboxylic acids is 4. The van der Waals surface area contributed by atoms with Crippen molar-refractivity contribution in [1.29, 1.82) is 0 Å². The molecule has 8 aliphatic rings. The molecular weight excluding hydrogens is 1750 g/mol. The Labute approximate surface area is 754 Å². The lowest BCUT2D eigenvalue weighted by molar-refractivity contribution is -0.141. The number of amides is 4. The topological polar surface area (TPSA) is 309 Å². The Balaban J connectivity index is 0.000000124. The first-order valence-corrected chi connectivity index (χ1v) is 43.5. The number of rotatable bonds is 16. The molecule has 4 fully saturated rings. The van der Waals surface area contributed by atoms with Crippen molar-refractivity contribution in [3.8, 4) is 44.5 Å². The van der Waals surface area contributed by atoms with Gasteiger partial charge < -0.3 is 59.8 Å². The predicted octanol–water partition coefficient (Wildman–Crippen LogP) is 14.3. The number of carbonyl (C=O) groups is 4. The first-order chi connectivity index (χ1) is 63.6. The van der Waals surface area contributed by atoms with E-state index >= 15 is 8.78 Å². The van der Waals surface area contributed by atoms with E-state index in [4.69, 9.17) is 39.3 Å². The van der Waals surface area contributed by atoms with Crippen LogP contribution in [0.1, 0.15) is 134 Å². The fourth-order valence-electron chi connectivity index (χ4n) is 18.0. The molecule has 12 aromatic rings. The maximum atomic E-state index is 15.1. The summed E-state index contributed by atoms with van der Waals surface area (Å²) in [6.07, 6.45) is 5.77. The third kappa shape index (κ3) is 19.5. The summed E-state index contributed by atoms with van der Waals surface area (Å²) in [7, 11) is 6.30. The van der Waals surface area contributed by atoms with Crippen LogP contribution in [-0.4, -0.2) is 201 Å². The second kappa shape index (κ2) is 37.8. The summed E-state index contributed by atoms with van der Waals surface area (Å²) in [5.74, 6) is -1.85. The van der Waals surface area contributed by atoms with Gasteiger partial charge in [0, 0.05) is 244 Å². The second-order valence-electron chi connectivity index (χ2n) is 34.0. The number of benzene rings is 4. The molecule has 4 aromatic carbocycles. The van der Waals surface area contributed by atoms with Crippen LogP contribution in [0.2, 0.25) is 0 Å². The number of alkyl halides is 6. The molecule has 32 nitrogen and oxygen atoms in total. The van der Waals surface area contributed by atoms with E-state index in [0.29, 0.717) is 165 Å². The second-order valence-corrected chi connectivity index (χ2v) is 34.0. The number of anilines is 8. The maximum absolute atomic E-state index is 15.1. The van der Waals surface area contributed by atoms with E-state index in [2.05, 4.69) is 41.7 Å². The van der Waals surface area contributed by atoms with Crippen molar-refractivity contribution in [3.63, 3.8) is 0 Å². The Hall–Kier alpha value is -13.3. The van der Waals surface area contributed by atoms with Crippen molar-refractivity contribution >= 4 is 69.6 Å². The molecule has 1 unspecified atom stereocenters. The summed E-state index contributed by atoms with van der Waals surface area (Å²) in [6, 6.07) is 15.8. The van der Waals surface area contributed by atoms with E-state index in [9.17, 15) is 58.7 Å². The van der Waals surface area contributed by atoms with Crippen molar-refractivity contribution in [2.45, 2.75) is 142 Å². The molecule has 8 aromatic heterocycles. The molecule has 133 heavy (non-hydrogen) atoms. The van der Waals surface area contributed by atoms with Gasteiger partial charge >= 0.3 is 12.4 Å². The van der Waals surface area contributed by atoms with Crippen LogP contribution in [0.15, 0.2) is 104 Å². The molecule has 0 radical (unpaired) electrons. The summed E-state index contributed by atoms with van der Waals surface area (Å²) in [4.78, 5) is 54.9. The van der Waals surface area contributed by atoms with Crippen LogP contribution in [-0.2, 0) is 131 Å². The molecule has 0 spiro atoms. The smallest absolute Gasteiger partial charge is 0.379 e. The van der Waals surface area contributed by atoms with Crippen LogP contribution in [0.5, 0.6) is 0 Å². The predicted molar refractivity (Wildman–Crippen MR) is 463 cm³/mol. The van der Waals surface area contributed by atoms with E-state index < -0.39 is 47.0 Å². The van der Waals surface area contributed by atoms with Gasteiger partial charge in [-0.2, -0.15) is 67.1 Å². The first-order valence-electron chi connectivity index (χ1n) is 43.5. The molecule has 4 N–H and O–H groups in total. The first kappa shape index (κ1) is 91.6. The molecule has 16 heterocycles. The number of hydrogen-bond donors (Lipinski definition) is 4. The zero-order valence-corrected chi connectivity index (χ0v) is 74.0. The molecule has 702 valence electrons. The molecule has 4 saturated heterocycles. The number of ether oxygens (including phenoxy) is 4. The van der Waals surface area contributed by atoms with Crippen LogP contribution in [0.4, 0.5) is 94.3 Å².